The van der Waals surface area contributed by atoms with Gasteiger partial charge in [0, 0.05) is 17.4 Å². The summed E-state index contributed by atoms with van der Waals surface area (Å²) in [4.78, 5) is 25.4. The predicted molar refractivity (Wildman–Crippen MR) is 121 cm³/mol. The lowest BCUT2D eigenvalue weighted by Gasteiger charge is -2.55. The molecule has 4 aliphatic carbocycles. The number of fused-ring (bicyclic) bond motifs is 7. The summed E-state index contributed by atoms with van der Waals surface area (Å²) in [5.74, 6) is 1.73. The summed E-state index contributed by atoms with van der Waals surface area (Å²) in [6.45, 7) is 6.00. The zero-order valence-electron chi connectivity index (χ0n) is 19.4. The number of Topliss-reactive ketones (excluding diaryl/α,β-unsaturated/α-hetero) is 1. The topological polar surface area (TPSA) is 52.6 Å². The number of ketones is 2. The SMILES string of the molecule is CC(=O)C12OC(C)(c3ccccc3)OC1CC1C3CCC4=CC(=O)CCC4C3CCC12C. The van der Waals surface area contributed by atoms with Gasteiger partial charge in [-0.25, -0.2) is 0 Å². The fraction of sp³-hybridized carbons (Fsp3) is 0.643. The molecule has 0 aromatic heterocycles. The maximum absolute atomic E-state index is 13.4. The summed E-state index contributed by atoms with van der Waals surface area (Å²) >= 11 is 0. The Morgan fingerprint density at radius 1 is 1.03 bits per heavy atom. The average molecular weight is 435 g/mol. The highest BCUT2D eigenvalue weighted by Crippen LogP contribution is 2.69. The van der Waals surface area contributed by atoms with E-state index in [0.29, 0.717) is 35.9 Å². The Morgan fingerprint density at radius 3 is 2.56 bits per heavy atom. The zero-order chi connectivity index (χ0) is 22.3. The molecule has 1 aromatic carbocycles. The Labute approximate surface area is 190 Å². The van der Waals surface area contributed by atoms with E-state index in [4.69, 9.17) is 9.47 Å². The highest BCUT2D eigenvalue weighted by Gasteiger charge is 2.75. The molecule has 1 aliphatic heterocycles. The first-order chi connectivity index (χ1) is 15.3. The quantitative estimate of drug-likeness (QED) is 0.629. The van der Waals surface area contributed by atoms with E-state index in [-0.39, 0.29) is 17.3 Å². The van der Waals surface area contributed by atoms with E-state index in [1.165, 1.54) is 5.57 Å². The van der Waals surface area contributed by atoms with Crippen molar-refractivity contribution in [1.29, 1.82) is 0 Å². The summed E-state index contributed by atoms with van der Waals surface area (Å²) in [5, 5.41) is 0. The number of ether oxygens (including phenoxy) is 2. The minimum atomic E-state index is -0.894. The van der Waals surface area contributed by atoms with Crippen LogP contribution in [-0.4, -0.2) is 23.3 Å². The molecule has 5 aliphatic rings. The molecular formula is C28H34O4. The van der Waals surface area contributed by atoms with Crippen LogP contribution in [-0.2, 0) is 24.8 Å². The van der Waals surface area contributed by atoms with Crippen molar-refractivity contribution in [3.05, 3.63) is 47.5 Å². The first-order valence-electron chi connectivity index (χ1n) is 12.5. The standard InChI is InChI=1S/C28H34O4/c1-17(29)28-25(31-27(3,32-28)19-7-5-4-6-8-19)16-24-23-11-9-18-15-20(30)10-12-21(18)22(23)13-14-26(24,28)2/h4-8,15,21-25H,9-14,16H2,1-3H3. The molecule has 0 radical (unpaired) electrons. The van der Waals surface area contributed by atoms with Crippen molar-refractivity contribution < 1.29 is 19.1 Å². The fourth-order valence-electron chi connectivity index (χ4n) is 8.65. The zero-order valence-corrected chi connectivity index (χ0v) is 19.4. The highest BCUT2D eigenvalue weighted by molar-refractivity contribution is 5.91. The molecule has 4 fully saturated rings. The van der Waals surface area contributed by atoms with Crippen LogP contribution in [0, 0.1) is 29.1 Å². The molecule has 170 valence electrons. The van der Waals surface area contributed by atoms with E-state index >= 15 is 0 Å². The predicted octanol–water partition coefficient (Wildman–Crippen LogP) is 5.35. The van der Waals surface area contributed by atoms with Crippen molar-refractivity contribution in [1.82, 2.24) is 0 Å². The molecular weight excluding hydrogens is 400 g/mol. The summed E-state index contributed by atoms with van der Waals surface area (Å²) in [6, 6.07) is 10.1. The van der Waals surface area contributed by atoms with Gasteiger partial charge in [0.1, 0.15) is 0 Å². The third-order valence-electron chi connectivity index (χ3n) is 10.0. The molecule has 6 rings (SSSR count). The number of rotatable bonds is 2. The van der Waals surface area contributed by atoms with Crippen molar-refractivity contribution in [3.63, 3.8) is 0 Å². The van der Waals surface area contributed by atoms with E-state index < -0.39 is 11.4 Å². The molecule has 1 saturated heterocycles. The number of carbonyl (C=O) groups excluding carboxylic acids is 2. The molecule has 4 nitrogen and oxygen atoms in total. The summed E-state index contributed by atoms with van der Waals surface area (Å²) in [7, 11) is 0. The molecule has 8 atom stereocenters. The first-order valence-corrected chi connectivity index (χ1v) is 12.5. The number of benzene rings is 1. The van der Waals surface area contributed by atoms with E-state index in [1.54, 1.807) is 6.92 Å². The summed E-state index contributed by atoms with van der Waals surface area (Å²) in [5.41, 5.74) is 1.27. The minimum absolute atomic E-state index is 0.116. The monoisotopic (exact) mass is 434 g/mol. The Bertz CT molecular complexity index is 998. The Kier molecular flexibility index (Phi) is 4.46. The van der Waals surface area contributed by atoms with Crippen LogP contribution in [0.5, 0.6) is 0 Å². The average Bonchev–Trinajstić information content (AvgIpc) is 3.23. The molecule has 32 heavy (non-hydrogen) atoms. The number of carbonyl (C=O) groups is 2. The molecule has 1 aromatic rings. The van der Waals surface area contributed by atoms with Gasteiger partial charge in [-0.2, -0.15) is 0 Å². The number of allylic oxidation sites excluding steroid dienone is 1. The smallest absolute Gasteiger partial charge is 0.193 e. The highest BCUT2D eigenvalue weighted by atomic mass is 16.8. The van der Waals surface area contributed by atoms with Crippen LogP contribution < -0.4 is 0 Å². The Morgan fingerprint density at radius 2 is 1.81 bits per heavy atom. The summed E-state index contributed by atoms with van der Waals surface area (Å²) in [6.07, 6.45) is 8.60. The van der Waals surface area contributed by atoms with Crippen LogP contribution in [0.2, 0.25) is 0 Å². The second-order valence-electron chi connectivity index (χ2n) is 11.3. The second kappa shape index (κ2) is 6.87. The van der Waals surface area contributed by atoms with Gasteiger partial charge in [0.05, 0.1) is 6.10 Å². The molecule has 1 heterocycles. The second-order valence-corrected chi connectivity index (χ2v) is 11.3. The lowest BCUT2D eigenvalue weighted by molar-refractivity contribution is -0.226. The van der Waals surface area contributed by atoms with Gasteiger partial charge >= 0.3 is 0 Å². The van der Waals surface area contributed by atoms with E-state index in [0.717, 1.165) is 44.1 Å². The van der Waals surface area contributed by atoms with E-state index in [2.05, 4.69) is 6.92 Å². The van der Waals surface area contributed by atoms with Crippen molar-refractivity contribution in [2.75, 3.05) is 0 Å². The van der Waals surface area contributed by atoms with Crippen molar-refractivity contribution in [2.45, 2.75) is 83.2 Å². The number of hydrogen-bond acceptors (Lipinski definition) is 4. The summed E-state index contributed by atoms with van der Waals surface area (Å²) < 4.78 is 13.5. The molecule has 3 saturated carbocycles. The Hall–Kier alpha value is -1.78. The van der Waals surface area contributed by atoms with Gasteiger partial charge in [0.2, 0.25) is 0 Å². The van der Waals surface area contributed by atoms with Crippen LogP contribution >= 0.6 is 0 Å². The van der Waals surface area contributed by atoms with Gasteiger partial charge in [0.25, 0.3) is 0 Å². The maximum Gasteiger partial charge on any atom is 0.193 e. The lowest BCUT2D eigenvalue weighted by Crippen LogP contribution is -2.59. The molecule has 0 amide bonds. The largest absolute Gasteiger partial charge is 0.339 e. The van der Waals surface area contributed by atoms with Gasteiger partial charge in [-0.3, -0.25) is 9.59 Å². The fourth-order valence-corrected chi connectivity index (χ4v) is 8.65. The van der Waals surface area contributed by atoms with Crippen molar-refractivity contribution >= 4 is 11.6 Å². The van der Waals surface area contributed by atoms with Gasteiger partial charge in [-0.1, -0.05) is 42.8 Å². The molecule has 8 unspecified atom stereocenters. The van der Waals surface area contributed by atoms with Crippen molar-refractivity contribution in [3.8, 4) is 0 Å². The normalized spacial score (nSPS) is 47.2. The van der Waals surface area contributed by atoms with Gasteiger partial charge in [-0.15, -0.1) is 0 Å². The first kappa shape index (κ1) is 20.8. The van der Waals surface area contributed by atoms with Crippen LogP contribution in [0.15, 0.2) is 42.0 Å². The molecule has 0 N–H and O–H groups in total. The van der Waals surface area contributed by atoms with Crippen LogP contribution in [0.25, 0.3) is 0 Å². The molecule has 0 spiro atoms. The lowest BCUT2D eigenvalue weighted by atomic mass is 9.50. The molecule has 0 bridgehead atoms. The van der Waals surface area contributed by atoms with E-state index in [9.17, 15) is 9.59 Å². The Balaban J connectivity index is 1.36. The van der Waals surface area contributed by atoms with Crippen LogP contribution in [0.3, 0.4) is 0 Å². The van der Waals surface area contributed by atoms with Crippen LogP contribution in [0.1, 0.15) is 71.3 Å². The third-order valence-corrected chi connectivity index (χ3v) is 10.0. The van der Waals surface area contributed by atoms with E-state index in [1.807, 2.05) is 43.3 Å². The van der Waals surface area contributed by atoms with Gasteiger partial charge in [0.15, 0.2) is 23.0 Å². The third kappa shape index (κ3) is 2.57. The van der Waals surface area contributed by atoms with Gasteiger partial charge < -0.3 is 9.47 Å². The van der Waals surface area contributed by atoms with Crippen molar-refractivity contribution in [2.24, 2.45) is 29.1 Å². The van der Waals surface area contributed by atoms with Gasteiger partial charge in [-0.05, 0) is 82.1 Å². The minimum Gasteiger partial charge on any atom is -0.339 e. The number of hydrogen-bond donors (Lipinski definition) is 0. The molecule has 4 heteroatoms. The maximum atomic E-state index is 13.4. The van der Waals surface area contributed by atoms with Crippen LogP contribution in [0.4, 0.5) is 0 Å².